The number of ether oxygens (including phenoxy) is 1. The van der Waals surface area contributed by atoms with Crippen molar-refractivity contribution in [2.75, 3.05) is 13.2 Å². The van der Waals surface area contributed by atoms with Gasteiger partial charge in [-0.2, -0.15) is 0 Å². The molecule has 0 saturated carbocycles. The summed E-state index contributed by atoms with van der Waals surface area (Å²) in [7, 11) is 0. The Hall–Kier alpha value is -1.66. The van der Waals surface area contributed by atoms with E-state index in [9.17, 15) is 19.8 Å². The van der Waals surface area contributed by atoms with Gasteiger partial charge in [0, 0.05) is 12.8 Å². The van der Waals surface area contributed by atoms with Gasteiger partial charge in [0.2, 0.25) is 5.91 Å². The van der Waals surface area contributed by atoms with Gasteiger partial charge < -0.3 is 20.3 Å². The number of esters is 1. The zero-order valence-corrected chi connectivity index (χ0v) is 45.9. The van der Waals surface area contributed by atoms with Gasteiger partial charge in [0.15, 0.2) is 0 Å². The topological polar surface area (TPSA) is 95.9 Å². The Morgan fingerprint density at radius 2 is 0.691 bits per heavy atom. The number of aliphatic hydroxyl groups excluding tert-OH is 2. The normalized spacial score (nSPS) is 12.7. The highest BCUT2D eigenvalue weighted by atomic mass is 16.5. The molecule has 2 atom stereocenters. The Morgan fingerprint density at radius 3 is 1.04 bits per heavy atom. The monoisotopic (exact) mass is 958 g/mol. The van der Waals surface area contributed by atoms with Gasteiger partial charge in [-0.1, -0.05) is 289 Å². The summed E-state index contributed by atoms with van der Waals surface area (Å²) in [5.41, 5.74) is 0. The lowest BCUT2D eigenvalue weighted by molar-refractivity contribution is -0.143. The van der Waals surface area contributed by atoms with Crippen molar-refractivity contribution in [3.63, 3.8) is 0 Å². The van der Waals surface area contributed by atoms with E-state index in [2.05, 4.69) is 31.3 Å². The van der Waals surface area contributed by atoms with E-state index in [1.807, 2.05) is 6.08 Å². The molecule has 6 heteroatoms. The van der Waals surface area contributed by atoms with Crippen LogP contribution in [0.1, 0.15) is 335 Å². The van der Waals surface area contributed by atoms with Crippen LogP contribution in [0.2, 0.25) is 0 Å². The highest BCUT2D eigenvalue weighted by Crippen LogP contribution is 2.18. The molecule has 68 heavy (non-hydrogen) atoms. The van der Waals surface area contributed by atoms with E-state index >= 15 is 0 Å². The van der Waals surface area contributed by atoms with Crippen molar-refractivity contribution in [3.05, 3.63) is 24.3 Å². The van der Waals surface area contributed by atoms with E-state index in [1.165, 1.54) is 263 Å². The Labute approximate surface area is 424 Å². The standard InChI is InChI=1S/C62H119NO5/c1-3-5-7-9-11-13-14-15-29-33-36-40-44-48-52-56-62(67)68-57-53-49-45-41-37-34-31-28-26-24-22-20-18-16-17-19-21-23-25-27-30-32-35-39-43-47-51-55-61(66)63-59(58-64)60(65)54-50-46-42-38-12-10-8-6-4-2/h15,29,50,54,59-60,64-65H,3-14,16-28,30-49,51-53,55-58H2,1-2H3,(H,63,66)/b29-15-,54-50+. The maximum Gasteiger partial charge on any atom is 0.305 e. The fraction of sp³-hybridized carbons (Fsp3) is 0.903. The summed E-state index contributed by atoms with van der Waals surface area (Å²) in [6.45, 7) is 4.88. The fourth-order valence-electron chi connectivity index (χ4n) is 9.51. The molecule has 0 bridgehead atoms. The summed E-state index contributed by atoms with van der Waals surface area (Å²) in [6, 6.07) is -0.623. The molecule has 0 radical (unpaired) electrons. The smallest absolute Gasteiger partial charge is 0.305 e. The van der Waals surface area contributed by atoms with Crippen LogP contribution in [0.5, 0.6) is 0 Å². The molecule has 0 saturated heterocycles. The second-order valence-electron chi connectivity index (χ2n) is 21.0. The van der Waals surface area contributed by atoms with Crippen LogP contribution in [-0.4, -0.2) is 47.4 Å². The zero-order valence-electron chi connectivity index (χ0n) is 45.9. The summed E-state index contributed by atoms with van der Waals surface area (Å²) in [5.74, 6) is -0.0574. The summed E-state index contributed by atoms with van der Waals surface area (Å²) in [5, 5.41) is 22.9. The number of allylic oxidation sites excluding steroid dienone is 3. The molecule has 0 aliphatic carbocycles. The van der Waals surface area contributed by atoms with E-state index < -0.39 is 12.1 Å². The van der Waals surface area contributed by atoms with Gasteiger partial charge >= 0.3 is 5.97 Å². The molecule has 1 amide bonds. The largest absolute Gasteiger partial charge is 0.466 e. The second-order valence-corrected chi connectivity index (χ2v) is 21.0. The average molecular weight is 959 g/mol. The third kappa shape index (κ3) is 53.7. The molecule has 3 N–H and O–H groups in total. The van der Waals surface area contributed by atoms with Crippen LogP contribution in [0.3, 0.4) is 0 Å². The molecule has 0 aliphatic rings. The summed E-state index contributed by atoms with van der Waals surface area (Å²) in [6.07, 6.45) is 70.9. The van der Waals surface area contributed by atoms with Crippen molar-refractivity contribution < 1.29 is 24.5 Å². The third-order valence-electron chi connectivity index (χ3n) is 14.2. The first-order chi connectivity index (χ1) is 33.5. The Morgan fingerprint density at radius 1 is 0.397 bits per heavy atom. The van der Waals surface area contributed by atoms with Gasteiger partial charge in [0.05, 0.1) is 25.4 Å². The molecule has 2 unspecified atom stereocenters. The Bertz CT molecular complexity index is 1060. The highest BCUT2D eigenvalue weighted by Gasteiger charge is 2.18. The van der Waals surface area contributed by atoms with Crippen LogP contribution >= 0.6 is 0 Å². The molecular weight excluding hydrogens is 839 g/mol. The van der Waals surface area contributed by atoms with Crippen LogP contribution < -0.4 is 5.32 Å². The lowest BCUT2D eigenvalue weighted by atomic mass is 10.0. The molecule has 0 aromatic rings. The Kier molecular flexibility index (Phi) is 56.5. The van der Waals surface area contributed by atoms with Gasteiger partial charge in [-0.3, -0.25) is 9.59 Å². The van der Waals surface area contributed by atoms with Gasteiger partial charge in [-0.25, -0.2) is 0 Å². The number of amides is 1. The molecule has 0 heterocycles. The van der Waals surface area contributed by atoms with Crippen LogP contribution in [0.15, 0.2) is 24.3 Å². The fourth-order valence-corrected chi connectivity index (χ4v) is 9.51. The van der Waals surface area contributed by atoms with Crippen molar-refractivity contribution in [2.45, 2.75) is 347 Å². The maximum atomic E-state index is 12.4. The SMILES string of the molecule is CCCCCCCC/C=C\CCCCCCCC(=O)OCCCCCCCCCCCCCCCCCCCCCCCCCCCCCC(=O)NC(CO)C(O)/C=C/CCCCCCCCC. The summed E-state index contributed by atoms with van der Waals surface area (Å²) >= 11 is 0. The highest BCUT2D eigenvalue weighted by molar-refractivity contribution is 5.76. The third-order valence-corrected chi connectivity index (χ3v) is 14.2. The first kappa shape index (κ1) is 66.3. The quantitative estimate of drug-likeness (QED) is 0.0321. The summed E-state index contributed by atoms with van der Waals surface area (Å²) < 4.78 is 5.48. The number of carbonyl (C=O) groups is 2. The van der Waals surface area contributed by atoms with Gasteiger partial charge in [-0.15, -0.1) is 0 Å². The predicted molar refractivity (Wildman–Crippen MR) is 296 cm³/mol. The number of hydrogen-bond acceptors (Lipinski definition) is 5. The maximum absolute atomic E-state index is 12.4. The van der Waals surface area contributed by atoms with Crippen LogP contribution in [0.25, 0.3) is 0 Å². The van der Waals surface area contributed by atoms with E-state index in [-0.39, 0.29) is 18.5 Å². The van der Waals surface area contributed by atoms with E-state index in [1.54, 1.807) is 6.08 Å². The molecule has 0 rings (SSSR count). The lowest BCUT2D eigenvalue weighted by Crippen LogP contribution is -2.45. The second kappa shape index (κ2) is 57.9. The molecular formula is C62H119NO5. The molecule has 0 aromatic carbocycles. The minimum absolute atomic E-state index is 0.00977. The van der Waals surface area contributed by atoms with Crippen molar-refractivity contribution in [3.8, 4) is 0 Å². The van der Waals surface area contributed by atoms with Crippen LogP contribution in [0.4, 0.5) is 0 Å². The first-order valence-corrected chi connectivity index (χ1v) is 30.6. The minimum Gasteiger partial charge on any atom is -0.466 e. The summed E-state index contributed by atoms with van der Waals surface area (Å²) in [4.78, 5) is 24.4. The van der Waals surface area contributed by atoms with Gasteiger partial charge in [0.1, 0.15) is 0 Å². The number of nitrogens with one attached hydrogen (secondary N) is 1. The molecule has 6 nitrogen and oxygen atoms in total. The zero-order chi connectivity index (χ0) is 49.3. The van der Waals surface area contributed by atoms with Crippen molar-refractivity contribution in [2.24, 2.45) is 0 Å². The molecule has 0 spiro atoms. The first-order valence-electron chi connectivity index (χ1n) is 30.6. The minimum atomic E-state index is -0.840. The predicted octanol–water partition coefficient (Wildman–Crippen LogP) is 19.0. The van der Waals surface area contributed by atoms with Crippen molar-refractivity contribution in [1.82, 2.24) is 5.32 Å². The number of unbranched alkanes of at least 4 members (excludes halogenated alkanes) is 44. The van der Waals surface area contributed by atoms with Gasteiger partial charge in [-0.05, 0) is 57.8 Å². The van der Waals surface area contributed by atoms with Crippen LogP contribution in [-0.2, 0) is 14.3 Å². The lowest BCUT2D eigenvalue weighted by Gasteiger charge is -2.20. The van der Waals surface area contributed by atoms with E-state index in [0.29, 0.717) is 19.4 Å². The van der Waals surface area contributed by atoms with Crippen LogP contribution in [0, 0.1) is 0 Å². The molecule has 0 aromatic heterocycles. The number of rotatable bonds is 57. The number of carbonyl (C=O) groups excluding carboxylic acids is 2. The number of aliphatic hydroxyl groups is 2. The molecule has 0 fully saturated rings. The van der Waals surface area contributed by atoms with E-state index in [4.69, 9.17) is 4.74 Å². The average Bonchev–Trinajstić information content (AvgIpc) is 3.34. The van der Waals surface area contributed by atoms with E-state index in [0.717, 1.165) is 44.9 Å². The molecule has 402 valence electrons. The van der Waals surface area contributed by atoms with Crippen molar-refractivity contribution >= 4 is 11.9 Å². The number of hydrogen-bond donors (Lipinski definition) is 3. The van der Waals surface area contributed by atoms with Gasteiger partial charge in [0.25, 0.3) is 0 Å². The van der Waals surface area contributed by atoms with Crippen molar-refractivity contribution in [1.29, 1.82) is 0 Å². The molecule has 0 aliphatic heterocycles. The Balaban J connectivity index is 3.32.